The zero-order chi connectivity index (χ0) is 13.8. The molecule has 19 heavy (non-hydrogen) atoms. The summed E-state index contributed by atoms with van der Waals surface area (Å²) in [6.45, 7) is 6.81. The lowest BCUT2D eigenvalue weighted by Crippen LogP contribution is -2.20. The SMILES string of the molecule is C=C(/N=C(/I)c1nc(Cl)ccc1C)[C@@H]1CCCCO1. The van der Waals surface area contributed by atoms with Gasteiger partial charge in [0.05, 0.1) is 17.5 Å². The van der Waals surface area contributed by atoms with Gasteiger partial charge in [-0.2, -0.15) is 0 Å². The van der Waals surface area contributed by atoms with Crippen LogP contribution in [0.4, 0.5) is 0 Å². The molecule has 0 unspecified atom stereocenters. The van der Waals surface area contributed by atoms with E-state index in [1.807, 2.05) is 13.0 Å². The van der Waals surface area contributed by atoms with Crippen molar-refractivity contribution in [3.8, 4) is 0 Å². The monoisotopic (exact) mass is 390 g/mol. The van der Waals surface area contributed by atoms with Crippen LogP contribution in [0.5, 0.6) is 0 Å². The number of halogens is 2. The zero-order valence-corrected chi connectivity index (χ0v) is 13.7. The number of aliphatic imine (C=N–C) groups is 1. The van der Waals surface area contributed by atoms with Gasteiger partial charge in [0.15, 0.2) is 0 Å². The molecule has 1 saturated heterocycles. The number of hydrogen-bond acceptors (Lipinski definition) is 3. The average molecular weight is 391 g/mol. The summed E-state index contributed by atoms with van der Waals surface area (Å²) in [5.74, 6) is 0. The van der Waals surface area contributed by atoms with Crippen molar-refractivity contribution in [3.63, 3.8) is 0 Å². The molecule has 0 aromatic carbocycles. The molecule has 1 atom stereocenters. The van der Waals surface area contributed by atoms with Crippen LogP contribution >= 0.6 is 34.2 Å². The number of pyridine rings is 1. The summed E-state index contributed by atoms with van der Waals surface area (Å²) in [6, 6.07) is 3.72. The topological polar surface area (TPSA) is 34.5 Å². The van der Waals surface area contributed by atoms with E-state index in [1.165, 1.54) is 6.42 Å². The maximum absolute atomic E-state index is 5.93. The van der Waals surface area contributed by atoms with Gasteiger partial charge in [-0.3, -0.25) is 0 Å². The Hall–Kier alpha value is -0.460. The first-order valence-electron chi connectivity index (χ1n) is 6.26. The largest absolute Gasteiger partial charge is 0.372 e. The van der Waals surface area contributed by atoms with Crippen molar-refractivity contribution in [1.29, 1.82) is 0 Å². The molecule has 0 bridgehead atoms. The van der Waals surface area contributed by atoms with E-state index in [0.717, 1.165) is 40.1 Å². The van der Waals surface area contributed by atoms with Crippen molar-refractivity contribution in [2.24, 2.45) is 4.99 Å². The molecule has 3 nitrogen and oxygen atoms in total. The van der Waals surface area contributed by atoms with Gasteiger partial charge in [-0.1, -0.05) is 24.2 Å². The highest BCUT2D eigenvalue weighted by Gasteiger charge is 2.17. The van der Waals surface area contributed by atoms with Crippen LogP contribution in [0.15, 0.2) is 29.4 Å². The van der Waals surface area contributed by atoms with Crippen molar-refractivity contribution in [2.75, 3.05) is 6.61 Å². The minimum absolute atomic E-state index is 0.0398. The Morgan fingerprint density at radius 3 is 3.00 bits per heavy atom. The Kier molecular flexibility index (Phi) is 5.36. The van der Waals surface area contributed by atoms with Gasteiger partial charge in [0, 0.05) is 6.61 Å². The van der Waals surface area contributed by atoms with Crippen LogP contribution in [-0.2, 0) is 4.74 Å². The highest BCUT2D eigenvalue weighted by molar-refractivity contribution is 14.1. The lowest BCUT2D eigenvalue weighted by atomic mass is 10.1. The fourth-order valence-electron chi connectivity index (χ4n) is 1.97. The predicted molar refractivity (Wildman–Crippen MR) is 87.3 cm³/mol. The number of ether oxygens (including phenoxy) is 1. The van der Waals surface area contributed by atoms with Crippen LogP contribution in [0.3, 0.4) is 0 Å². The molecule has 1 fully saturated rings. The Morgan fingerprint density at radius 2 is 2.32 bits per heavy atom. The molecule has 5 heteroatoms. The standard InChI is InChI=1S/C14H16ClIN2O/c1-9-6-7-12(15)18-13(9)14(16)17-10(2)11-5-3-4-8-19-11/h6-7,11H,2-5,8H2,1H3/b17-14+/t11-/m0/s1. The van der Waals surface area contributed by atoms with Gasteiger partial charge in [0.2, 0.25) is 0 Å². The first-order chi connectivity index (χ1) is 9.08. The van der Waals surface area contributed by atoms with Gasteiger partial charge in [-0.25, -0.2) is 9.98 Å². The number of nitrogens with zero attached hydrogens (tertiary/aromatic N) is 2. The molecule has 2 rings (SSSR count). The molecular formula is C14H16ClIN2O. The van der Waals surface area contributed by atoms with Crippen molar-refractivity contribution in [3.05, 3.63) is 40.8 Å². The molecule has 2 heterocycles. The highest BCUT2D eigenvalue weighted by Crippen LogP contribution is 2.22. The van der Waals surface area contributed by atoms with Gasteiger partial charge >= 0.3 is 0 Å². The number of aryl methyl sites for hydroxylation is 1. The molecule has 1 aliphatic heterocycles. The minimum atomic E-state index is 0.0398. The number of hydrogen-bond donors (Lipinski definition) is 0. The van der Waals surface area contributed by atoms with E-state index in [-0.39, 0.29) is 6.10 Å². The van der Waals surface area contributed by atoms with E-state index < -0.39 is 0 Å². The Bertz CT molecular complexity index is 510. The molecule has 1 aromatic heterocycles. The molecule has 1 aliphatic rings. The van der Waals surface area contributed by atoms with Crippen LogP contribution in [-0.4, -0.2) is 21.4 Å². The minimum Gasteiger partial charge on any atom is -0.372 e. The second-order valence-electron chi connectivity index (χ2n) is 4.55. The fraction of sp³-hybridized carbons (Fsp3) is 0.429. The lowest BCUT2D eigenvalue weighted by molar-refractivity contribution is 0.0390. The van der Waals surface area contributed by atoms with Crippen molar-refractivity contribution >= 4 is 37.9 Å². The zero-order valence-electron chi connectivity index (χ0n) is 10.8. The molecule has 0 spiro atoms. The Balaban J connectivity index is 2.17. The molecule has 0 amide bonds. The highest BCUT2D eigenvalue weighted by atomic mass is 127. The fourth-order valence-corrected chi connectivity index (χ4v) is 2.97. The van der Waals surface area contributed by atoms with Gasteiger partial charge in [0.25, 0.3) is 0 Å². The van der Waals surface area contributed by atoms with E-state index in [9.17, 15) is 0 Å². The quantitative estimate of drug-likeness (QED) is 0.438. The number of aromatic nitrogens is 1. The summed E-state index contributed by atoms with van der Waals surface area (Å²) in [5.41, 5.74) is 2.63. The third-order valence-electron chi connectivity index (χ3n) is 3.05. The van der Waals surface area contributed by atoms with Gasteiger partial charge < -0.3 is 4.74 Å². The summed E-state index contributed by atoms with van der Waals surface area (Å²) in [7, 11) is 0. The van der Waals surface area contributed by atoms with Gasteiger partial charge in [-0.15, -0.1) is 0 Å². The molecule has 0 saturated carbocycles. The third-order valence-corrected chi connectivity index (χ3v) is 4.01. The van der Waals surface area contributed by atoms with E-state index in [2.05, 4.69) is 39.1 Å². The lowest BCUT2D eigenvalue weighted by Gasteiger charge is -2.22. The van der Waals surface area contributed by atoms with Crippen LogP contribution in [0.1, 0.15) is 30.5 Å². The second-order valence-corrected chi connectivity index (χ2v) is 5.96. The number of rotatable bonds is 3. The second kappa shape index (κ2) is 6.81. The predicted octanol–water partition coefficient (Wildman–Crippen LogP) is 4.31. The van der Waals surface area contributed by atoms with Gasteiger partial charge in [0.1, 0.15) is 8.87 Å². The molecular weight excluding hydrogens is 375 g/mol. The smallest absolute Gasteiger partial charge is 0.129 e. The maximum atomic E-state index is 5.93. The van der Waals surface area contributed by atoms with Gasteiger partial charge in [-0.05, 0) is 60.4 Å². The maximum Gasteiger partial charge on any atom is 0.129 e. The Morgan fingerprint density at radius 1 is 1.53 bits per heavy atom. The van der Waals surface area contributed by atoms with E-state index in [0.29, 0.717) is 5.15 Å². The molecule has 0 aliphatic carbocycles. The van der Waals surface area contributed by atoms with Crippen LogP contribution < -0.4 is 0 Å². The molecule has 0 N–H and O–H groups in total. The summed E-state index contributed by atoms with van der Waals surface area (Å²) in [6.07, 6.45) is 3.33. The van der Waals surface area contributed by atoms with E-state index in [1.54, 1.807) is 6.07 Å². The molecule has 1 aromatic rings. The summed E-state index contributed by atoms with van der Waals surface area (Å²) < 4.78 is 6.48. The van der Waals surface area contributed by atoms with Crippen LogP contribution in [0, 0.1) is 6.92 Å². The first kappa shape index (κ1) is 14.9. The summed E-state index contributed by atoms with van der Waals surface area (Å²) in [5, 5.41) is 0.476. The van der Waals surface area contributed by atoms with Crippen molar-refractivity contribution in [2.45, 2.75) is 32.3 Å². The first-order valence-corrected chi connectivity index (χ1v) is 7.71. The molecule has 102 valence electrons. The van der Waals surface area contributed by atoms with E-state index >= 15 is 0 Å². The normalized spacial score (nSPS) is 20.4. The van der Waals surface area contributed by atoms with Crippen LogP contribution in [0.25, 0.3) is 0 Å². The van der Waals surface area contributed by atoms with E-state index in [4.69, 9.17) is 16.3 Å². The Labute approximate surface area is 132 Å². The summed E-state index contributed by atoms with van der Waals surface area (Å²) in [4.78, 5) is 8.85. The third kappa shape index (κ3) is 4.00. The van der Waals surface area contributed by atoms with Crippen LogP contribution in [0.2, 0.25) is 5.15 Å². The molecule has 0 radical (unpaired) electrons. The average Bonchev–Trinajstić information content (AvgIpc) is 2.42. The summed E-state index contributed by atoms with van der Waals surface area (Å²) >= 11 is 8.10. The van der Waals surface area contributed by atoms with Crippen molar-refractivity contribution < 1.29 is 4.74 Å². The van der Waals surface area contributed by atoms with Crippen molar-refractivity contribution in [1.82, 2.24) is 4.98 Å².